The Balaban J connectivity index is 0.656. The van der Waals surface area contributed by atoms with Gasteiger partial charge in [0.25, 0.3) is 0 Å². The van der Waals surface area contributed by atoms with Gasteiger partial charge >= 0.3 is 0 Å². The maximum absolute atomic E-state index is 7.09. The Bertz CT molecular complexity index is 5830. The monoisotopic (exact) mass is 1280 g/mol. The summed E-state index contributed by atoms with van der Waals surface area (Å²) in [7, 11) is 0. The van der Waals surface area contributed by atoms with Crippen LogP contribution in [-0.4, -0.2) is 29.9 Å². The molecule has 0 unspecified atom stereocenters. The van der Waals surface area contributed by atoms with Gasteiger partial charge in [-0.25, -0.2) is 24.9 Å². The van der Waals surface area contributed by atoms with Gasteiger partial charge in [-0.1, -0.05) is 243 Å². The van der Waals surface area contributed by atoms with Gasteiger partial charge in [0.05, 0.1) is 50.7 Å². The average molecular weight is 1280 g/mol. The number of ether oxygens (including phenoxy) is 2. The van der Waals surface area contributed by atoms with Crippen LogP contribution in [-0.2, 0) is 10.8 Å². The summed E-state index contributed by atoms with van der Waals surface area (Å²) in [6.45, 7) is 0. The first-order valence-corrected chi connectivity index (χ1v) is 33.8. The number of benzene rings is 12. The fourth-order valence-corrected chi connectivity index (χ4v) is 16.1. The Morgan fingerprint density at radius 3 is 1.07 bits per heavy atom. The fourth-order valence-electron chi connectivity index (χ4n) is 16.1. The SMILES string of the molecule is c1ccc(-c2cc(-c3cccc(-c4ccc5c(c4)C4(c6cc(-c7ccc(-c8cc(-c9ccc(-c%10ccc%11c(c%10)C%10(c%12ccccc%12O%11)c%11ccccc%11-c%11ccccc%11%10)nc9)nc(-c9ccccc9)n8)cc7)ccc6O5)c5ccccc5-c5ccccc54)n3)nc(-c3ccccc3)n2)cc1. The number of fused-ring (bicyclic) bond motifs is 18. The zero-order valence-corrected chi connectivity index (χ0v) is 53.8. The van der Waals surface area contributed by atoms with E-state index in [1.165, 1.54) is 44.5 Å². The highest BCUT2D eigenvalue weighted by Gasteiger charge is 2.53. The summed E-state index contributed by atoms with van der Waals surface area (Å²) < 4.78 is 13.9. The molecule has 2 aliphatic carbocycles. The van der Waals surface area contributed by atoms with E-state index in [4.69, 9.17) is 39.4 Å². The minimum absolute atomic E-state index is 0.582. The molecule has 466 valence electrons. The highest BCUT2D eigenvalue weighted by molar-refractivity contribution is 5.92. The van der Waals surface area contributed by atoms with Crippen LogP contribution < -0.4 is 9.47 Å². The zero-order chi connectivity index (χ0) is 65.9. The molecule has 4 aliphatic rings. The first-order valence-electron chi connectivity index (χ1n) is 33.8. The van der Waals surface area contributed by atoms with Gasteiger partial charge in [0.2, 0.25) is 0 Å². The third kappa shape index (κ3) is 8.87. The van der Waals surface area contributed by atoms with Crippen LogP contribution in [0.2, 0.25) is 0 Å². The summed E-state index contributed by atoms with van der Waals surface area (Å²) in [6.07, 6.45) is 1.94. The Kier molecular flexibility index (Phi) is 12.9. The lowest BCUT2D eigenvalue weighted by Gasteiger charge is -2.40. The molecule has 4 aromatic heterocycles. The predicted molar refractivity (Wildman–Crippen MR) is 397 cm³/mol. The van der Waals surface area contributed by atoms with Crippen molar-refractivity contribution in [2.45, 2.75) is 10.8 Å². The molecule has 100 heavy (non-hydrogen) atoms. The smallest absolute Gasteiger partial charge is 0.160 e. The van der Waals surface area contributed by atoms with Crippen LogP contribution >= 0.6 is 0 Å². The molecule has 0 radical (unpaired) electrons. The zero-order valence-electron chi connectivity index (χ0n) is 53.8. The van der Waals surface area contributed by atoms with Crippen molar-refractivity contribution in [2.24, 2.45) is 0 Å². The van der Waals surface area contributed by atoms with Gasteiger partial charge in [-0.05, 0) is 147 Å². The van der Waals surface area contributed by atoms with Gasteiger partial charge < -0.3 is 9.47 Å². The van der Waals surface area contributed by atoms with E-state index in [1.54, 1.807) is 0 Å². The van der Waals surface area contributed by atoms with Gasteiger partial charge in [0, 0.05) is 67.4 Å². The molecule has 16 aromatic rings. The topological polar surface area (TPSA) is 95.8 Å². The van der Waals surface area contributed by atoms with Crippen molar-refractivity contribution >= 4 is 0 Å². The Labute approximate surface area is 578 Å². The van der Waals surface area contributed by atoms with Crippen LogP contribution in [0.5, 0.6) is 23.0 Å². The molecule has 20 rings (SSSR count). The highest BCUT2D eigenvalue weighted by Crippen LogP contribution is 2.64. The molecule has 0 saturated carbocycles. The van der Waals surface area contributed by atoms with E-state index in [2.05, 4.69) is 255 Å². The Morgan fingerprint density at radius 2 is 0.550 bits per heavy atom. The first kappa shape index (κ1) is 57.0. The van der Waals surface area contributed by atoms with Crippen LogP contribution in [0.3, 0.4) is 0 Å². The largest absolute Gasteiger partial charge is 0.457 e. The van der Waals surface area contributed by atoms with Crippen molar-refractivity contribution in [3.8, 4) is 147 Å². The molecular weight excluding hydrogens is 1220 g/mol. The fraction of sp³-hybridized carbons (Fsp3) is 0.0217. The number of para-hydroxylation sites is 1. The minimum Gasteiger partial charge on any atom is -0.457 e. The van der Waals surface area contributed by atoms with E-state index in [1.807, 2.05) is 85.1 Å². The van der Waals surface area contributed by atoms with Gasteiger partial charge in [-0.3, -0.25) is 4.98 Å². The molecule has 0 fully saturated rings. The predicted octanol–water partition coefficient (Wildman–Crippen LogP) is 22.0. The normalized spacial score (nSPS) is 13.3. The molecule has 6 heterocycles. The third-order valence-corrected chi connectivity index (χ3v) is 20.5. The Morgan fingerprint density at radius 1 is 0.190 bits per heavy atom. The van der Waals surface area contributed by atoms with Crippen LogP contribution in [0.15, 0.2) is 340 Å². The van der Waals surface area contributed by atoms with Gasteiger partial charge in [0.15, 0.2) is 11.6 Å². The van der Waals surface area contributed by atoms with Gasteiger partial charge in [0.1, 0.15) is 23.0 Å². The van der Waals surface area contributed by atoms with Crippen LogP contribution in [0, 0.1) is 0 Å². The molecular formula is C92H56N6O2. The number of hydrogen-bond acceptors (Lipinski definition) is 8. The summed E-state index contributed by atoms with van der Waals surface area (Å²) in [4.78, 5) is 31.3. The number of hydrogen-bond donors (Lipinski definition) is 0. The van der Waals surface area contributed by atoms with Gasteiger partial charge in [-0.15, -0.1) is 0 Å². The summed E-state index contributed by atoms with van der Waals surface area (Å²) >= 11 is 0. The van der Waals surface area contributed by atoms with Crippen molar-refractivity contribution in [2.75, 3.05) is 0 Å². The maximum Gasteiger partial charge on any atom is 0.160 e. The second-order valence-electron chi connectivity index (χ2n) is 26.0. The van der Waals surface area contributed by atoms with Crippen molar-refractivity contribution in [3.63, 3.8) is 0 Å². The summed E-state index contributed by atoms with van der Waals surface area (Å²) in [5.41, 5.74) is 27.1. The number of nitrogens with zero attached hydrogens (tertiary/aromatic N) is 6. The van der Waals surface area contributed by atoms with E-state index in [-0.39, 0.29) is 0 Å². The Hall–Kier alpha value is -13.3. The van der Waals surface area contributed by atoms with Gasteiger partial charge in [-0.2, -0.15) is 0 Å². The number of rotatable bonds is 9. The van der Waals surface area contributed by atoms with E-state index in [0.29, 0.717) is 11.6 Å². The quantitative estimate of drug-likeness (QED) is 0.141. The first-order chi connectivity index (χ1) is 49.5. The molecule has 0 atom stereocenters. The second kappa shape index (κ2) is 22.7. The summed E-state index contributed by atoms with van der Waals surface area (Å²) in [6, 6.07) is 117. The lowest BCUT2D eigenvalue weighted by atomic mass is 9.65. The molecule has 0 saturated heterocycles. The van der Waals surface area contributed by atoms with E-state index in [9.17, 15) is 0 Å². The van der Waals surface area contributed by atoms with Crippen molar-refractivity contribution in [1.29, 1.82) is 0 Å². The average Bonchev–Trinajstić information content (AvgIpc) is 1.49. The molecule has 8 heteroatoms. The summed E-state index contributed by atoms with van der Waals surface area (Å²) in [5.74, 6) is 4.57. The standard InChI is InChI=1S/C92H56N6O2/c1-4-21-58(22-5-1)82-55-84(98-90(96-82)61-25-8-3-9-26-61)80-37-20-36-79(94-80)64-46-50-88-77(53-64)92(72-33-16-12-29-68(72)69-30-13-17-34-73(69)92)75-51-62(44-48-86(75)100-88)57-39-41-59(42-40-57)81-54-83(97-89(95-81)60-23-6-2-7-24-60)65-43-47-78(93-56-65)63-45-49-87-76(52-63)91(74-35-18-19-38-85(74)99-87)70-31-14-10-27-66(70)67-28-11-15-32-71(67)91/h1-56H. The molecule has 8 nitrogen and oxygen atoms in total. The molecule has 0 bridgehead atoms. The van der Waals surface area contributed by atoms with E-state index >= 15 is 0 Å². The van der Waals surface area contributed by atoms with Crippen molar-refractivity contribution in [3.05, 3.63) is 384 Å². The second-order valence-corrected chi connectivity index (χ2v) is 26.0. The van der Waals surface area contributed by atoms with Crippen LogP contribution in [0.25, 0.3) is 124 Å². The lowest BCUT2D eigenvalue weighted by Crippen LogP contribution is -2.32. The lowest BCUT2D eigenvalue weighted by molar-refractivity contribution is 0.436. The van der Waals surface area contributed by atoms with Crippen molar-refractivity contribution in [1.82, 2.24) is 29.9 Å². The van der Waals surface area contributed by atoms with Crippen molar-refractivity contribution < 1.29 is 9.47 Å². The third-order valence-electron chi connectivity index (χ3n) is 20.5. The molecule has 12 aromatic carbocycles. The maximum atomic E-state index is 7.09. The summed E-state index contributed by atoms with van der Waals surface area (Å²) in [5, 5.41) is 0. The van der Waals surface area contributed by atoms with E-state index < -0.39 is 10.8 Å². The minimum atomic E-state index is -0.750. The number of aromatic nitrogens is 6. The number of pyridine rings is 2. The van der Waals surface area contributed by atoms with Crippen LogP contribution in [0.4, 0.5) is 0 Å². The van der Waals surface area contributed by atoms with Crippen LogP contribution in [0.1, 0.15) is 44.5 Å². The highest BCUT2D eigenvalue weighted by atomic mass is 16.5. The molecule has 0 amide bonds. The van der Waals surface area contributed by atoms with E-state index in [0.717, 1.165) is 135 Å². The molecule has 2 aliphatic heterocycles. The molecule has 0 N–H and O–H groups in total. The molecule has 2 spiro atoms.